The number of nitrogen functional groups attached to an aromatic ring is 1. The van der Waals surface area contributed by atoms with Gasteiger partial charge in [0.15, 0.2) is 0 Å². The Morgan fingerprint density at radius 2 is 1.76 bits per heavy atom. The van der Waals surface area contributed by atoms with Crippen LogP contribution in [0.5, 0.6) is 0 Å². The summed E-state index contributed by atoms with van der Waals surface area (Å²) >= 11 is -2.29. The van der Waals surface area contributed by atoms with Gasteiger partial charge in [0.2, 0.25) is 11.8 Å². The fraction of sp³-hybridized carbons (Fsp3) is 0.269. The molecule has 14 nitrogen and oxygen atoms in total. The van der Waals surface area contributed by atoms with E-state index in [9.17, 15) is 23.4 Å². The molecule has 2 aromatic rings. The molecule has 2 aromatic carbocycles. The molecule has 0 aliphatic heterocycles. The SMILES string of the molecule is C=CCOC(=O)N[C@@H](Cc1ccc(C(=N)N)cc1)C(=O)N[C@@H](CCC(=O)O)C(=O)NCc1cccc(NS(=O)O)c1. The lowest BCUT2D eigenvalue weighted by atomic mass is 10.0. The average Bonchev–Trinajstić information content (AvgIpc) is 2.92. The second kappa shape index (κ2) is 16.4. The van der Waals surface area contributed by atoms with Gasteiger partial charge >= 0.3 is 12.1 Å². The first-order valence-electron chi connectivity index (χ1n) is 12.2. The third kappa shape index (κ3) is 11.9. The Morgan fingerprint density at radius 3 is 2.37 bits per heavy atom. The van der Waals surface area contributed by atoms with Crippen LogP contribution >= 0.6 is 0 Å². The number of carboxylic acids is 1. The molecule has 0 aromatic heterocycles. The summed E-state index contributed by atoms with van der Waals surface area (Å²) in [7, 11) is 0. The summed E-state index contributed by atoms with van der Waals surface area (Å²) in [6.07, 6.45) is -0.248. The average molecular weight is 589 g/mol. The third-order valence-corrected chi connectivity index (χ3v) is 5.93. The topological polar surface area (TPSA) is 233 Å². The van der Waals surface area contributed by atoms with Crippen molar-refractivity contribution in [2.24, 2.45) is 5.73 Å². The molecule has 9 N–H and O–H groups in total. The number of rotatable bonds is 16. The molecule has 0 spiro atoms. The highest BCUT2D eigenvalue weighted by Crippen LogP contribution is 2.12. The Balaban J connectivity index is 2.19. The van der Waals surface area contributed by atoms with E-state index in [1.165, 1.54) is 12.1 Å². The van der Waals surface area contributed by atoms with Gasteiger partial charge in [-0.05, 0) is 29.7 Å². The molecular formula is C26H32N6O8S. The van der Waals surface area contributed by atoms with Crippen LogP contribution in [0, 0.1) is 5.41 Å². The Labute approximate surface area is 238 Å². The molecule has 3 amide bonds. The summed E-state index contributed by atoms with van der Waals surface area (Å²) in [6.45, 7) is 3.32. The first kappa shape index (κ1) is 32.5. The van der Waals surface area contributed by atoms with E-state index >= 15 is 0 Å². The molecule has 0 bridgehead atoms. The molecule has 41 heavy (non-hydrogen) atoms. The number of hydrogen-bond donors (Lipinski definition) is 8. The van der Waals surface area contributed by atoms with Crippen molar-refractivity contribution in [3.8, 4) is 0 Å². The number of amidine groups is 1. The Hall–Kier alpha value is -4.76. The summed E-state index contributed by atoms with van der Waals surface area (Å²) < 4.78 is 27.2. The van der Waals surface area contributed by atoms with Crippen LogP contribution in [-0.2, 0) is 43.4 Å². The van der Waals surface area contributed by atoms with E-state index in [0.717, 1.165) is 0 Å². The van der Waals surface area contributed by atoms with E-state index in [1.807, 2.05) is 0 Å². The maximum Gasteiger partial charge on any atom is 0.408 e. The lowest BCUT2D eigenvalue weighted by Gasteiger charge is -2.23. The van der Waals surface area contributed by atoms with E-state index in [1.54, 1.807) is 42.5 Å². The Morgan fingerprint density at radius 1 is 1.05 bits per heavy atom. The number of nitrogens with one attached hydrogen (secondary N) is 5. The van der Waals surface area contributed by atoms with Crippen molar-refractivity contribution in [1.82, 2.24) is 16.0 Å². The van der Waals surface area contributed by atoms with E-state index in [0.29, 0.717) is 22.4 Å². The number of alkyl carbamates (subject to hydrolysis) is 1. The van der Waals surface area contributed by atoms with E-state index in [4.69, 9.17) is 25.5 Å². The fourth-order valence-electron chi connectivity index (χ4n) is 3.55. The van der Waals surface area contributed by atoms with Gasteiger partial charge in [-0.25, -0.2) is 9.00 Å². The highest BCUT2D eigenvalue weighted by Gasteiger charge is 2.28. The predicted molar refractivity (Wildman–Crippen MR) is 151 cm³/mol. The van der Waals surface area contributed by atoms with E-state index in [2.05, 4.69) is 27.3 Å². The Bertz CT molecular complexity index is 1290. The molecule has 220 valence electrons. The molecule has 2 rings (SSSR count). The maximum absolute atomic E-state index is 13.3. The monoisotopic (exact) mass is 588 g/mol. The fourth-order valence-corrected chi connectivity index (χ4v) is 3.88. The molecule has 0 saturated carbocycles. The lowest BCUT2D eigenvalue weighted by molar-refractivity contribution is -0.138. The molecule has 0 radical (unpaired) electrons. The van der Waals surface area contributed by atoms with Gasteiger partial charge < -0.3 is 31.5 Å². The zero-order valence-electron chi connectivity index (χ0n) is 21.9. The molecule has 1 unspecified atom stereocenters. The quantitative estimate of drug-likeness (QED) is 0.0604. The minimum absolute atomic E-state index is 0.0213. The first-order valence-corrected chi connectivity index (χ1v) is 13.3. The van der Waals surface area contributed by atoms with Crippen LogP contribution in [0.15, 0.2) is 61.2 Å². The van der Waals surface area contributed by atoms with Gasteiger partial charge in [0.1, 0.15) is 24.5 Å². The molecule has 0 aliphatic carbocycles. The van der Waals surface area contributed by atoms with E-state index < -0.39 is 53.6 Å². The molecule has 0 fully saturated rings. The number of anilines is 1. The number of aliphatic carboxylic acids is 1. The number of hydrogen-bond acceptors (Lipinski definition) is 7. The number of ether oxygens (including phenoxy) is 1. The number of carboxylic acid groups (broad SMARTS) is 1. The second-order valence-electron chi connectivity index (χ2n) is 8.66. The van der Waals surface area contributed by atoms with Gasteiger partial charge in [-0.2, -0.15) is 0 Å². The molecular weight excluding hydrogens is 556 g/mol. The van der Waals surface area contributed by atoms with Gasteiger partial charge in [-0.15, -0.1) is 0 Å². The highest BCUT2D eigenvalue weighted by molar-refractivity contribution is 7.80. The smallest absolute Gasteiger partial charge is 0.408 e. The summed E-state index contributed by atoms with van der Waals surface area (Å²) in [5.41, 5.74) is 7.44. The normalized spacial score (nSPS) is 12.6. The molecule has 0 heterocycles. The first-order chi connectivity index (χ1) is 19.5. The number of amides is 3. The van der Waals surface area contributed by atoms with Crippen molar-refractivity contribution in [2.75, 3.05) is 11.3 Å². The van der Waals surface area contributed by atoms with Crippen LogP contribution in [0.25, 0.3) is 0 Å². The van der Waals surface area contributed by atoms with Crippen molar-refractivity contribution in [3.05, 3.63) is 77.9 Å². The molecule has 0 saturated heterocycles. The van der Waals surface area contributed by atoms with Crippen LogP contribution in [0.1, 0.15) is 29.5 Å². The van der Waals surface area contributed by atoms with Crippen molar-refractivity contribution in [3.63, 3.8) is 0 Å². The summed E-state index contributed by atoms with van der Waals surface area (Å²) in [5.74, 6) is -2.77. The number of carbonyl (C=O) groups is 4. The lowest BCUT2D eigenvalue weighted by Crippen LogP contribution is -2.54. The highest BCUT2D eigenvalue weighted by atomic mass is 32.2. The summed E-state index contributed by atoms with van der Waals surface area (Å²) in [5, 5.41) is 24.2. The zero-order valence-corrected chi connectivity index (χ0v) is 22.7. The van der Waals surface area contributed by atoms with Crippen LogP contribution in [0.2, 0.25) is 0 Å². The zero-order chi connectivity index (χ0) is 30.4. The minimum Gasteiger partial charge on any atom is -0.481 e. The number of carbonyl (C=O) groups excluding carboxylic acids is 3. The minimum atomic E-state index is -2.29. The predicted octanol–water partition coefficient (Wildman–Crippen LogP) is 1.01. The summed E-state index contributed by atoms with van der Waals surface area (Å²) in [4.78, 5) is 49.7. The standard InChI is InChI=1S/C26H32N6O8S/c1-2-12-40-26(37)31-21(14-16-6-8-18(9-7-16)23(27)28)25(36)30-20(10-11-22(33)34)24(35)29-15-17-4-3-5-19(13-17)32-41(38)39/h2-9,13,20-21,32H,1,10-12,14-15H2,(H3,27,28)(H,29,35)(H,30,36)(H,31,37)(H,33,34)(H,38,39)/t20-,21-/m0/s1. The third-order valence-electron chi connectivity index (χ3n) is 5.52. The number of nitrogens with two attached hydrogens (primary N) is 1. The van der Waals surface area contributed by atoms with Crippen molar-refractivity contribution in [1.29, 1.82) is 5.41 Å². The maximum atomic E-state index is 13.3. The van der Waals surface area contributed by atoms with Gasteiger partial charge in [0, 0.05) is 30.6 Å². The molecule has 15 heteroatoms. The van der Waals surface area contributed by atoms with Gasteiger partial charge in [-0.1, -0.05) is 49.1 Å². The van der Waals surface area contributed by atoms with Crippen LogP contribution in [0.4, 0.5) is 10.5 Å². The van der Waals surface area contributed by atoms with Crippen LogP contribution in [0.3, 0.4) is 0 Å². The van der Waals surface area contributed by atoms with E-state index in [-0.39, 0.29) is 31.8 Å². The molecule has 0 aliphatic rings. The summed E-state index contributed by atoms with van der Waals surface area (Å²) in [6, 6.07) is 10.3. The van der Waals surface area contributed by atoms with Crippen LogP contribution in [-0.4, -0.2) is 62.3 Å². The van der Waals surface area contributed by atoms with Gasteiger partial charge in [-0.3, -0.25) is 29.1 Å². The van der Waals surface area contributed by atoms with Gasteiger partial charge in [0.05, 0.1) is 0 Å². The van der Waals surface area contributed by atoms with Crippen molar-refractivity contribution >= 4 is 46.7 Å². The van der Waals surface area contributed by atoms with Crippen molar-refractivity contribution < 1.29 is 37.8 Å². The second-order valence-corrected chi connectivity index (χ2v) is 9.36. The Kier molecular flexibility index (Phi) is 13.0. The number of benzene rings is 2. The van der Waals surface area contributed by atoms with Crippen LogP contribution < -0.4 is 26.4 Å². The van der Waals surface area contributed by atoms with Crippen molar-refractivity contribution in [2.45, 2.75) is 37.9 Å². The molecule has 3 atom stereocenters. The van der Waals surface area contributed by atoms with Gasteiger partial charge in [0.25, 0.3) is 11.3 Å². The largest absolute Gasteiger partial charge is 0.481 e.